The first-order valence-corrected chi connectivity index (χ1v) is 14.5. The molecule has 1 aromatic heterocycles. The van der Waals surface area contributed by atoms with Crippen molar-refractivity contribution in [1.29, 1.82) is 0 Å². The van der Waals surface area contributed by atoms with E-state index in [0.29, 0.717) is 38.5 Å². The number of rotatable bonds is 11. The number of methoxy groups -OCH3 is 1. The molecule has 2 aliphatic rings. The van der Waals surface area contributed by atoms with Gasteiger partial charge in [0.05, 0.1) is 29.2 Å². The van der Waals surface area contributed by atoms with Crippen molar-refractivity contribution in [2.75, 3.05) is 26.8 Å². The lowest BCUT2D eigenvalue weighted by Gasteiger charge is -2.40. The van der Waals surface area contributed by atoms with E-state index >= 15 is 0 Å². The number of benzene rings is 1. The summed E-state index contributed by atoms with van der Waals surface area (Å²) in [4.78, 5) is 45.6. The predicted molar refractivity (Wildman–Crippen MR) is 157 cm³/mol. The first-order chi connectivity index (χ1) is 19.5. The zero-order valence-corrected chi connectivity index (χ0v) is 25.1. The largest absolute Gasteiger partial charge is 0.444 e. The van der Waals surface area contributed by atoms with Crippen molar-refractivity contribution in [2.45, 2.75) is 84.5 Å². The number of Topliss-reactive ketones (excluding diaryl/α,β-unsaturated/α-hetero) is 1. The standard InChI is InChI=1S/C30H44N6O5/c1-19(2)26(27(38)28-32-22-11-7-8-12-24(22)36(28)13-9-10-14-40-6)31-21-15-20(23-16-25(37)34-33-23)17-35(18-21)29(39)41-30(3,4)5/h7-8,11-12,19-21,26,31H,9-10,13-18H2,1-6H3,(H,34,37)/t20-,21+,26?/m1/s1. The van der Waals surface area contributed by atoms with Crippen LogP contribution in [0.25, 0.3) is 11.0 Å². The molecule has 0 spiro atoms. The number of fused-ring (bicyclic) bond motifs is 1. The number of unbranched alkanes of at least 4 members (excludes halogenated alkanes) is 1. The van der Waals surface area contributed by atoms with Gasteiger partial charge in [-0.05, 0) is 58.1 Å². The molecule has 2 N–H and O–H groups in total. The van der Waals surface area contributed by atoms with Gasteiger partial charge in [0.15, 0.2) is 5.82 Å². The Morgan fingerprint density at radius 3 is 2.59 bits per heavy atom. The summed E-state index contributed by atoms with van der Waals surface area (Å²) in [5.41, 5.74) is 4.32. The van der Waals surface area contributed by atoms with Crippen molar-refractivity contribution in [3.63, 3.8) is 0 Å². The molecule has 3 atom stereocenters. The molecule has 0 bridgehead atoms. The van der Waals surface area contributed by atoms with E-state index in [1.165, 1.54) is 0 Å². The van der Waals surface area contributed by atoms with Gasteiger partial charge in [-0.15, -0.1) is 0 Å². The fourth-order valence-corrected chi connectivity index (χ4v) is 5.52. The number of aryl methyl sites for hydroxylation is 1. The van der Waals surface area contributed by atoms with Gasteiger partial charge in [0.25, 0.3) is 0 Å². The molecule has 1 fully saturated rings. The predicted octanol–water partition coefficient (Wildman–Crippen LogP) is 3.76. The second kappa shape index (κ2) is 13.1. The van der Waals surface area contributed by atoms with Crippen LogP contribution in [0.1, 0.15) is 70.9 Å². The zero-order valence-electron chi connectivity index (χ0n) is 25.1. The third-order valence-corrected chi connectivity index (χ3v) is 7.46. The summed E-state index contributed by atoms with van der Waals surface area (Å²) in [6.45, 7) is 11.6. The van der Waals surface area contributed by atoms with Crippen LogP contribution >= 0.6 is 0 Å². The van der Waals surface area contributed by atoms with E-state index in [1.807, 2.05) is 63.5 Å². The smallest absolute Gasteiger partial charge is 0.410 e. The molecule has 3 heterocycles. The number of carbonyl (C=O) groups excluding carboxylic acids is 3. The second-order valence-corrected chi connectivity index (χ2v) is 12.4. The SMILES string of the molecule is COCCCCn1c(C(=O)C(N[C@H]2C[C@@H](C3=NNC(=O)C3)CN(C(=O)OC(C)(C)C)C2)C(C)C)nc2ccccc21. The number of nitrogens with zero attached hydrogens (tertiary/aromatic N) is 4. The lowest BCUT2D eigenvalue weighted by atomic mass is 9.87. The lowest BCUT2D eigenvalue weighted by Crippen LogP contribution is -2.57. The molecule has 41 heavy (non-hydrogen) atoms. The van der Waals surface area contributed by atoms with Crippen LogP contribution in [0.15, 0.2) is 29.4 Å². The fourth-order valence-electron chi connectivity index (χ4n) is 5.52. The summed E-state index contributed by atoms with van der Waals surface area (Å²) >= 11 is 0. The summed E-state index contributed by atoms with van der Waals surface area (Å²) in [6, 6.07) is 7.07. The number of likely N-dealkylation sites (tertiary alicyclic amines) is 1. The topological polar surface area (TPSA) is 127 Å². The van der Waals surface area contributed by atoms with Crippen molar-refractivity contribution < 1.29 is 23.9 Å². The van der Waals surface area contributed by atoms with Crippen molar-refractivity contribution in [3.05, 3.63) is 30.1 Å². The minimum absolute atomic E-state index is 0.0355. The summed E-state index contributed by atoms with van der Waals surface area (Å²) in [6.07, 6.45) is 2.17. The van der Waals surface area contributed by atoms with Crippen LogP contribution < -0.4 is 10.7 Å². The van der Waals surface area contributed by atoms with Gasteiger partial charge < -0.3 is 24.3 Å². The van der Waals surface area contributed by atoms with E-state index in [-0.39, 0.29) is 36.0 Å². The average molecular weight is 569 g/mol. The van der Waals surface area contributed by atoms with E-state index in [4.69, 9.17) is 14.5 Å². The molecule has 2 aromatic rings. The molecule has 0 saturated carbocycles. The van der Waals surface area contributed by atoms with Crippen LogP contribution in [0, 0.1) is 11.8 Å². The molecular weight excluding hydrogens is 524 g/mol. The Morgan fingerprint density at radius 2 is 1.93 bits per heavy atom. The number of para-hydroxylation sites is 2. The number of nitrogens with one attached hydrogen (secondary N) is 2. The summed E-state index contributed by atoms with van der Waals surface area (Å²) < 4.78 is 12.9. The summed E-state index contributed by atoms with van der Waals surface area (Å²) in [7, 11) is 1.69. The average Bonchev–Trinajstić information content (AvgIpc) is 3.52. The number of ketones is 1. The van der Waals surface area contributed by atoms with Gasteiger partial charge >= 0.3 is 6.09 Å². The van der Waals surface area contributed by atoms with Gasteiger partial charge in [0.1, 0.15) is 5.60 Å². The molecule has 4 rings (SSSR count). The second-order valence-electron chi connectivity index (χ2n) is 12.4. The molecule has 11 nitrogen and oxygen atoms in total. The Bertz CT molecular complexity index is 1280. The van der Waals surface area contributed by atoms with E-state index in [0.717, 1.165) is 29.6 Å². The molecular formula is C30H44N6O5. The van der Waals surface area contributed by atoms with Gasteiger partial charge in [-0.3, -0.25) is 9.59 Å². The highest BCUT2D eigenvalue weighted by Gasteiger charge is 2.39. The number of ether oxygens (including phenoxy) is 2. The molecule has 0 radical (unpaired) electrons. The minimum atomic E-state index is -0.645. The van der Waals surface area contributed by atoms with Gasteiger partial charge in [-0.1, -0.05) is 26.0 Å². The molecule has 1 saturated heterocycles. The minimum Gasteiger partial charge on any atom is -0.444 e. The summed E-state index contributed by atoms with van der Waals surface area (Å²) in [5, 5.41) is 7.82. The normalized spacial score (nSPS) is 20.3. The van der Waals surface area contributed by atoms with Crippen LogP contribution in [0.5, 0.6) is 0 Å². The first-order valence-electron chi connectivity index (χ1n) is 14.5. The molecule has 2 amide bonds. The van der Waals surface area contributed by atoms with Crippen LogP contribution in [-0.2, 0) is 20.8 Å². The quantitative estimate of drug-likeness (QED) is 0.312. The lowest BCUT2D eigenvalue weighted by molar-refractivity contribution is -0.119. The highest BCUT2D eigenvalue weighted by atomic mass is 16.6. The molecule has 11 heteroatoms. The maximum Gasteiger partial charge on any atom is 0.410 e. The Labute approximate surface area is 242 Å². The van der Waals surface area contributed by atoms with Crippen molar-refractivity contribution in [1.82, 2.24) is 25.2 Å². The van der Waals surface area contributed by atoms with Crippen molar-refractivity contribution in [3.8, 4) is 0 Å². The summed E-state index contributed by atoms with van der Waals surface area (Å²) in [5.74, 6) is 0.0243. The van der Waals surface area contributed by atoms with Crippen LogP contribution in [0.4, 0.5) is 4.79 Å². The number of hydrazone groups is 1. The Kier molecular flexibility index (Phi) is 9.80. The highest BCUT2D eigenvalue weighted by molar-refractivity contribution is 6.06. The van der Waals surface area contributed by atoms with Gasteiger partial charge in [-0.2, -0.15) is 5.10 Å². The van der Waals surface area contributed by atoms with E-state index in [9.17, 15) is 14.4 Å². The van der Waals surface area contributed by atoms with Gasteiger partial charge in [-0.25, -0.2) is 15.2 Å². The van der Waals surface area contributed by atoms with E-state index in [2.05, 4.69) is 15.8 Å². The molecule has 0 aliphatic carbocycles. The number of carbonyl (C=O) groups is 3. The van der Waals surface area contributed by atoms with E-state index < -0.39 is 17.7 Å². The third kappa shape index (κ3) is 7.71. The van der Waals surface area contributed by atoms with Gasteiger partial charge in [0, 0.05) is 45.3 Å². The first kappa shape index (κ1) is 30.6. The number of aromatic nitrogens is 2. The number of imidazole rings is 1. The Hall–Kier alpha value is -3.31. The van der Waals surface area contributed by atoms with Crippen LogP contribution in [-0.4, -0.2) is 82.4 Å². The third-order valence-electron chi connectivity index (χ3n) is 7.46. The van der Waals surface area contributed by atoms with Crippen LogP contribution in [0.3, 0.4) is 0 Å². The number of amides is 2. The maximum atomic E-state index is 14.2. The molecule has 1 unspecified atom stereocenters. The molecule has 2 aliphatic heterocycles. The monoisotopic (exact) mass is 568 g/mol. The van der Waals surface area contributed by atoms with Gasteiger partial charge in [0.2, 0.25) is 11.7 Å². The van der Waals surface area contributed by atoms with E-state index in [1.54, 1.807) is 12.0 Å². The number of hydrogen-bond donors (Lipinski definition) is 2. The molecule has 1 aromatic carbocycles. The molecule has 224 valence electrons. The highest BCUT2D eigenvalue weighted by Crippen LogP contribution is 2.26. The zero-order chi connectivity index (χ0) is 29.7. The number of piperidine rings is 1. The fraction of sp³-hybridized carbons (Fsp3) is 0.633. The van der Waals surface area contributed by atoms with Crippen LogP contribution in [0.2, 0.25) is 0 Å². The number of hydrogen-bond acceptors (Lipinski definition) is 8. The Morgan fingerprint density at radius 1 is 1.17 bits per heavy atom. The van der Waals surface area contributed by atoms with Crippen molar-refractivity contribution in [2.24, 2.45) is 16.9 Å². The van der Waals surface area contributed by atoms with Crippen molar-refractivity contribution >= 4 is 34.5 Å². The maximum absolute atomic E-state index is 14.2. The Balaban J connectivity index is 1.59.